The van der Waals surface area contributed by atoms with Crippen molar-refractivity contribution in [2.45, 2.75) is 0 Å². The Labute approximate surface area is 155 Å². The van der Waals surface area contributed by atoms with Crippen molar-refractivity contribution in [3.63, 3.8) is 0 Å². The molecule has 126 valence electrons. The zero-order valence-corrected chi connectivity index (χ0v) is 15.8. The lowest BCUT2D eigenvalue weighted by Gasteiger charge is -2.10. The highest BCUT2D eigenvalue weighted by molar-refractivity contribution is 9.10. The average Bonchev–Trinajstić information content (AvgIpc) is 3.11. The Morgan fingerprint density at radius 2 is 2.00 bits per heavy atom. The highest BCUT2D eigenvalue weighted by Gasteiger charge is 2.12. The molecular weight excluding hydrogens is 404 g/mol. The third-order valence-electron chi connectivity index (χ3n) is 3.90. The molecule has 4 aromatic rings. The van der Waals surface area contributed by atoms with Crippen LogP contribution < -0.4 is 19.6 Å². The molecule has 0 N–H and O–H groups in total. The number of rotatable bonds is 3. The number of fused-ring (bicyclic) bond motifs is 3. The van der Waals surface area contributed by atoms with Crippen LogP contribution in [0, 0.1) is 0 Å². The van der Waals surface area contributed by atoms with E-state index in [9.17, 15) is 4.79 Å². The largest absolute Gasteiger partial charge is 0.493 e. The van der Waals surface area contributed by atoms with Gasteiger partial charge in [-0.2, -0.15) is 0 Å². The zero-order valence-electron chi connectivity index (χ0n) is 13.4. The second-order valence-electron chi connectivity index (χ2n) is 5.37. The molecule has 0 amide bonds. The van der Waals surface area contributed by atoms with Crippen LogP contribution in [0.3, 0.4) is 0 Å². The van der Waals surface area contributed by atoms with Crippen LogP contribution in [0.5, 0.6) is 11.5 Å². The number of halogens is 1. The Hall–Kier alpha value is -2.38. The third-order valence-corrected chi connectivity index (χ3v) is 5.46. The van der Waals surface area contributed by atoms with Crippen molar-refractivity contribution < 1.29 is 9.47 Å². The van der Waals surface area contributed by atoms with Gasteiger partial charge >= 0.3 is 0 Å². The van der Waals surface area contributed by atoms with E-state index in [0.29, 0.717) is 21.0 Å². The van der Waals surface area contributed by atoms with Crippen molar-refractivity contribution in [2.75, 3.05) is 14.2 Å². The van der Waals surface area contributed by atoms with E-state index >= 15 is 0 Å². The van der Waals surface area contributed by atoms with E-state index in [2.05, 4.69) is 20.9 Å². The lowest BCUT2D eigenvalue weighted by Crippen LogP contribution is -2.22. The van der Waals surface area contributed by atoms with Gasteiger partial charge in [0.1, 0.15) is 0 Å². The Morgan fingerprint density at radius 3 is 2.76 bits per heavy atom. The van der Waals surface area contributed by atoms with Gasteiger partial charge in [-0.3, -0.25) is 4.79 Å². The predicted molar refractivity (Wildman–Crippen MR) is 103 cm³/mol. The summed E-state index contributed by atoms with van der Waals surface area (Å²) in [5.41, 5.74) is 2.42. The summed E-state index contributed by atoms with van der Waals surface area (Å²) < 4.78 is 13.7. The molecule has 0 radical (unpaired) electrons. The maximum atomic E-state index is 12.8. The summed E-state index contributed by atoms with van der Waals surface area (Å²) in [6.45, 7) is 0. The van der Waals surface area contributed by atoms with E-state index in [1.807, 2.05) is 42.5 Å². The Morgan fingerprint density at radius 1 is 1.20 bits per heavy atom. The molecule has 0 aliphatic rings. The molecule has 7 heteroatoms. The summed E-state index contributed by atoms with van der Waals surface area (Å²) in [6, 6.07) is 11.4. The second-order valence-corrected chi connectivity index (χ2v) is 7.24. The number of nitrogens with zero attached hydrogens (tertiary/aromatic N) is 2. The van der Waals surface area contributed by atoms with Gasteiger partial charge < -0.3 is 9.47 Å². The summed E-state index contributed by atoms with van der Waals surface area (Å²) >= 11 is 4.84. The number of para-hydroxylation sites is 2. The Kier molecular flexibility index (Phi) is 3.97. The first-order valence-electron chi connectivity index (χ1n) is 7.45. The second kappa shape index (κ2) is 6.16. The standard InChI is InChI=1S/C18H13BrN2O3S/c1-23-14-8-10(7-11(19)16(14)24-2)9-15-17(22)21-13-6-4-3-5-12(13)20-18(21)25-15/h3-9H,1-2H3/b15-9+. The fourth-order valence-electron chi connectivity index (χ4n) is 2.78. The van der Waals surface area contributed by atoms with Crippen LogP contribution in [0.2, 0.25) is 0 Å². The van der Waals surface area contributed by atoms with Crippen LogP contribution in [0.15, 0.2) is 45.7 Å². The minimum Gasteiger partial charge on any atom is -0.493 e. The molecule has 0 aliphatic heterocycles. The molecule has 5 nitrogen and oxygen atoms in total. The van der Waals surface area contributed by atoms with Crippen LogP contribution >= 0.6 is 27.3 Å². The number of hydrogen-bond donors (Lipinski definition) is 0. The van der Waals surface area contributed by atoms with E-state index in [0.717, 1.165) is 21.1 Å². The fourth-order valence-corrected chi connectivity index (χ4v) is 4.39. The third kappa shape index (κ3) is 2.60. The quantitative estimate of drug-likeness (QED) is 0.514. The van der Waals surface area contributed by atoms with E-state index in [1.54, 1.807) is 18.6 Å². The van der Waals surface area contributed by atoms with E-state index < -0.39 is 0 Å². The molecule has 2 heterocycles. The highest BCUT2D eigenvalue weighted by Crippen LogP contribution is 2.36. The van der Waals surface area contributed by atoms with Crippen LogP contribution in [0.25, 0.3) is 22.1 Å². The first-order valence-corrected chi connectivity index (χ1v) is 9.06. The van der Waals surface area contributed by atoms with Crippen molar-refractivity contribution >= 4 is 49.3 Å². The Bertz CT molecular complexity index is 1210. The van der Waals surface area contributed by atoms with E-state index in [-0.39, 0.29) is 5.56 Å². The molecule has 0 fully saturated rings. The summed E-state index contributed by atoms with van der Waals surface area (Å²) in [7, 11) is 3.17. The number of aromatic nitrogens is 2. The van der Waals surface area contributed by atoms with Crippen molar-refractivity contribution in [3.8, 4) is 11.5 Å². The number of benzene rings is 2. The molecule has 0 bridgehead atoms. The number of methoxy groups -OCH3 is 2. The summed E-state index contributed by atoms with van der Waals surface area (Å²) in [5, 5.41) is 0. The van der Waals surface area contributed by atoms with E-state index in [4.69, 9.17) is 9.47 Å². The van der Waals surface area contributed by atoms with Crippen LogP contribution in [-0.4, -0.2) is 23.6 Å². The maximum absolute atomic E-state index is 12.8. The topological polar surface area (TPSA) is 52.8 Å². The molecule has 0 saturated heterocycles. The molecule has 0 atom stereocenters. The van der Waals surface area contributed by atoms with Gasteiger partial charge in [-0.05, 0) is 51.8 Å². The molecule has 2 aromatic carbocycles. The van der Waals surface area contributed by atoms with Crippen molar-refractivity contribution in [1.82, 2.24) is 9.38 Å². The number of thiazole rings is 1. The summed E-state index contributed by atoms with van der Waals surface area (Å²) in [6.07, 6.45) is 1.84. The van der Waals surface area contributed by atoms with Crippen LogP contribution in [-0.2, 0) is 0 Å². The molecule has 0 aliphatic carbocycles. The SMILES string of the molecule is COc1cc(/C=c2/sc3nc4ccccc4n3c2=O)cc(Br)c1OC. The fraction of sp³-hybridized carbons (Fsp3) is 0.111. The first kappa shape index (κ1) is 16.1. The van der Waals surface area contributed by atoms with Gasteiger partial charge in [-0.15, -0.1) is 0 Å². The lowest BCUT2D eigenvalue weighted by atomic mass is 10.2. The normalized spacial score (nSPS) is 12.2. The molecule has 0 unspecified atom stereocenters. The molecule has 0 saturated carbocycles. The van der Waals surface area contributed by atoms with Crippen molar-refractivity contribution in [1.29, 1.82) is 0 Å². The molecule has 2 aromatic heterocycles. The number of hydrogen-bond acceptors (Lipinski definition) is 5. The summed E-state index contributed by atoms with van der Waals surface area (Å²) in [5.74, 6) is 1.22. The maximum Gasteiger partial charge on any atom is 0.274 e. The highest BCUT2D eigenvalue weighted by atomic mass is 79.9. The minimum absolute atomic E-state index is 0.0698. The van der Waals surface area contributed by atoms with Crippen LogP contribution in [0.1, 0.15) is 5.56 Å². The van der Waals surface area contributed by atoms with Gasteiger partial charge in [0.15, 0.2) is 16.5 Å². The lowest BCUT2D eigenvalue weighted by molar-refractivity contribution is 0.353. The van der Waals surface area contributed by atoms with Gasteiger partial charge in [-0.1, -0.05) is 23.5 Å². The first-order chi connectivity index (χ1) is 12.1. The summed E-state index contributed by atoms with van der Waals surface area (Å²) in [4.78, 5) is 18.0. The Balaban J connectivity index is 1.94. The average molecular weight is 417 g/mol. The smallest absolute Gasteiger partial charge is 0.274 e. The van der Waals surface area contributed by atoms with Crippen LogP contribution in [0.4, 0.5) is 0 Å². The zero-order chi connectivity index (χ0) is 17.6. The van der Waals surface area contributed by atoms with Crippen molar-refractivity contribution in [2.24, 2.45) is 0 Å². The van der Waals surface area contributed by atoms with Gasteiger partial charge in [0.25, 0.3) is 5.56 Å². The van der Waals surface area contributed by atoms with Gasteiger partial charge in [0.2, 0.25) is 0 Å². The molecular formula is C18H13BrN2O3S. The minimum atomic E-state index is -0.0698. The van der Waals surface area contributed by atoms with Crippen molar-refractivity contribution in [3.05, 3.63) is 61.3 Å². The van der Waals surface area contributed by atoms with Gasteiger partial charge in [-0.25, -0.2) is 9.38 Å². The monoisotopic (exact) mass is 416 g/mol. The molecule has 4 rings (SSSR count). The number of ether oxygens (including phenoxy) is 2. The molecule has 25 heavy (non-hydrogen) atoms. The number of imidazole rings is 1. The van der Waals surface area contributed by atoms with E-state index in [1.165, 1.54) is 11.3 Å². The van der Waals surface area contributed by atoms with Gasteiger partial charge in [0.05, 0.1) is 34.3 Å². The molecule has 0 spiro atoms. The van der Waals surface area contributed by atoms with Gasteiger partial charge in [0, 0.05) is 0 Å². The predicted octanol–water partition coefficient (Wildman–Crippen LogP) is 3.24.